The maximum Gasteiger partial charge on any atom is 0.0576 e. The highest BCUT2D eigenvalue weighted by Gasteiger charge is 2.18. The third-order valence-electron chi connectivity index (χ3n) is 2.57. The number of hydrogen-bond donors (Lipinski definition) is 1. The number of hydrogen-bond acceptors (Lipinski definition) is 3. The predicted molar refractivity (Wildman–Crippen MR) is 59.2 cm³/mol. The van der Waals surface area contributed by atoms with Gasteiger partial charge in [0.15, 0.2) is 0 Å². The van der Waals surface area contributed by atoms with Gasteiger partial charge < -0.3 is 10.5 Å². The van der Waals surface area contributed by atoms with Crippen molar-refractivity contribution < 1.29 is 4.74 Å². The molecule has 0 aliphatic heterocycles. The zero-order chi connectivity index (χ0) is 9.52. The van der Waals surface area contributed by atoms with E-state index in [-0.39, 0.29) is 0 Å². The Balaban J connectivity index is 1.96. The van der Waals surface area contributed by atoms with Crippen molar-refractivity contribution in [3.63, 3.8) is 0 Å². The van der Waals surface area contributed by atoms with Crippen molar-refractivity contribution in [3.05, 3.63) is 0 Å². The monoisotopic (exact) mass is 203 g/mol. The third kappa shape index (κ3) is 4.89. The summed E-state index contributed by atoms with van der Waals surface area (Å²) in [7, 11) is 0. The molecule has 1 rings (SSSR count). The van der Waals surface area contributed by atoms with Gasteiger partial charge in [-0.3, -0.25) is 0 Å². The molecule has 0 amide bonds. The SMILES string of the molecule is CSCCCOC1CCC(N)CC1. The number of nitrogens with two attached hydrogens (primary N) is 1. The summed E-state index contributed by atoms with van der Waals surface area (Å²) in [6.07, 6.45) is 8.45. The summed E-state index contributed by atoms with van der Waals surface area (Å²) < 4.78 is 5.76. The van der Waals surface area contributed by atoms with E-state index in [0.717, 1.165) is 19.4 Å². The van der Waals surface area contributed by atoms with E-state index in [2.05, 4.69) is 6.26 Å². The van der Waals surface area contributed by atoms with Gasteiger partial charge in [-0.2, -0.15) is 11.8 Å². The molecule has 1 aliphatic rings. The van der Waals surface area contributed by atoms with Crippen LogP contribution >= 0.6 is 11.8 Å². The molecule has 0 unspecified atom stereocenters. The number of rotatable bonds is 5. The standard InChI is InChI=1S/C10H21NOS/c1-13-8-2-7-12-10-5-3-9(11)4-6-10/h9-10H,2-8,11H2,1H3. The minimum Gasteiger partial charge on any atom is -0.378 e. The van der Waals surface area contributed by atoms with Crippen LogP contribution in [0.3, 0.4) is 0 Å². The summed E-state index contributed by atoms with van der Waals surface area (Å²) in [6.45, 7) is 0.931. The maximum atomic E-state index is 5.81. The Morgan fingerprint density at radius 2 is 2.00 bits per heavy atom. The van der Waals surface area contributed by atoms with Crippen molar-refractivity contribution in [2.45, 2.75) is 44.2 Å². The highest BCUT2D eigenvalue weighted by Crippen LogP contribution is 2.19. The molecule has 13 heavy (non-hydrogen) atoms. The summed E-state index contributed by atoms with van der Waals surface area (Å²) in [5, 5.41) is 0. The Morgan fingerprint density at radius 1 is 1.31 bits per heavy atom. The van der Waals surface area contributed by atoms with E-state index in [1.165, 1.54) is 25.0 Å². The van der Waals surface area contributed by atoms with Crippen LogP contribution in [0.25, 0.3) is 0 Å². The Morgan fingerprint density at radius 3 is 2.62 bits per heavy atom. The third-order valence-corrected chi connectivity index (χ3v) is 3.26. The van der Waals surface area contributed by atoms with Crippen LogP contribution in [0.4, 0.5) is 0 Å². The van der Waals surface area contributed by atoms with Crippen LogP contribution in [0.5, 0.6) is 0 Å². The minimum atomic E-state index is 0.436. The van der Waals surface area contributed by atoms with Crippen molar-refractivity contribution in [3.8, 4) is 0 Å². The first-order valence-corrected chi connectivity index (χ1v) is 6.58. The molecule has 2 N–H and O–H groups in total. The molecule has 78 valence electrons. The maximum absolute atomic E-state index is 5.81. The fraction of sp³-hybridized carbons (Fsp3) is 1.00. The summed E-state index contributed by atoms with van der Waals surface area (Å²) >= 11 is 1.89. The smallest absolute Gasteiger partial charge is 0.0576 e. The Kier molecular flexibility index (Phi) is 5.83. The Labute approximate surface area is 85.6 Å². The van der Waals surface area contributed by atoms with E-state index in [1.54, 1.807) is 0 Å². The van der Waals surface area contributed by atoms with E-state index in [9.17, 15) is 0 Å². The largest absolute Gasteiger partial charge is 0.378 e. The first-order chi connectivity index (χ1) is 6.33. The van der Waals surface area contributed by atoms with Crippen molar-refractivity contribution in [1.29, 1.82) is 0 Å². The molecule has 3 heteroatoms. The molecule has 0 bridgehead atoms. The number of thioether (sulfide) groups is 1. The van der Waals surface area contributed by atoms with Crippen LogP contribution in [-0.2, 0) is 4.74 Å². The molecule has 0 heterocycles. The van der Waals surface area contributed by atoms with Gasteiger partial charge >= 0.3 is 0 Å². The average molecular weight is 203 g/mol. The molecule has 0 aromatic heterocycles. The van der Waals surface area contributed by atoms with Gasteiger partial charge in [0.25, 0.3) is 0 Å². The zero-order valence-corrected chi connectivity index (χ0v) is 9.31. The molecular formula is C10H21NOS. The van der Waals surface area contributed by atoms with Crippen molar-refractivity contribution >= 4 is 11.8 Å². The molecule has 0 aromatic rings. The van der Waals surface area contributed by atoms with Crippen molar-refractivity contribution in [2.75, 3.05) is 18.6 Å². The molecule has 1 fully saturated rings. The molecule has 0 saturated heterocycles. The first-order valence-electron chi connectivity index (χ1n) is 5.19. The summed E-state index contributed by atoms with van der Waals surface area (Å²) in [4.78, 5) is 0. The summed E-state index contributed by atoms with van der Waals surface area (Å²) in [5.41, 5.74) is 5.81. The second-order valence-electron chi connectivity index (χ2n) is 3.75. The van der Waals surface area contributed by atoms with Crippen LogP contribution in [0, 0.1) is 0 Å². The lowest BCUT2D eigenvalue weighted by atomic mass is 9.94. The summed E-state index contributed by atoms with van der Waals surface area (Å²) in [6, 6.07) is 0.436. The predicted octanol–water partition coefficient (Wildman–Crippen LogP) is 2.03. The molecule has 2 nitrogen and oxygen atoms in total. The van der Waals surface area contributed by atoms with Gasteiger partial charge in [-0.25, -0.2) is 0 Å². The summed E-state index contributed by atoms with van der Waals surface area (Å²) in [5.74, 6) is 1.21. The van der Waals surface area contributed by atoms with Gasteiger partial charge in [-0.05, 0) is 44.1 Å². The molecule has 0 aromatic carbocycles. The minimum absolute atomic E-state index is 0.436. The fourth-order valence-electron chi connectivity index (χ4n) is 1.71. The zero-order valence-electron chi connectivity index (χ0n) is 8.50. The quantitative estimate of drug-likeness (QED) is 0.694. The first kappa shape index (κ1) is 11.3. The molecule has 1 aliphatic carbocycles. The van der Waals surface area contributed by atoms with Gasteiger partial charge in [-0.15, -0.1) is 0 Å². The van der Waals surface area contributed by atoms with Crippen LogP contribution in [0.2, 0.25) is 0 Å². The van der Waals surface area contributed by atoms with Crippen molar-refractivity contribution in [2.24, 2.45) is 5.73 Å². The van der Waals surface area contributed by atoms with Gasteiger partial charge in [0.1, 0.15) is 0 Å². The highest BCUT2D eigenvalue weighted by molar-refractivity contribution is 7.98. The number of ether oxygens (including phenoxy) is 1. The van der Waals surface area contributed by atoms with E-state index in [4.69, 9.17) is 10.5 Å². The second-order valence-corrected chi connectivity index (χ2v) is 4.74. The van der Waals surface area contributed by atoms with Crippen LogP contribution in [0.1, 0.15) is 32.1 Å². The Bertz CT molecular complexity index is 124. The van der Waals surface area contributed by atoms with Crippen molar-refractivity contribution in [1.82, 2.24) is 0 Å². The lowest BCUT2D eigenvalue weighted by Gasteiger charge is -2.26. The van der Waals surface area contributed by atoms with E-state index >= 15 is 0 Å². The van der Waals surface area contributed by atoms with Gasteiger partial charge in [0, 0.05) is 12.6 Å². The molecular weight excluding hydrogens is 182 g/mol. The van der Waals surface area contributed by atoms with Crippen LogP contribution in [-0.4, -0.2) is 30.8 Å². The molecule has 0 spiro atoms. The van der Waals surface area contributed by atoms with Crippen LogP contribution in [0.15, 0.2) is 0 Å². The Hall–Kier alpha value is 0.270. The van der Waals surface area contributed by atoms with Gasteiger partial charge in [-0.1, -0.05) is 0 Å². The van der Waals surface area contributed by atoms with Gasteiger partial charge in [0.2, 0.25) is 0 Å². The fourth-order valence-corrected chi connectivity index (χ4v) is 2.12. The molecule has 0 atom stereocenters. The molecule has 1 saturated carbocycles. The topological polar surface area (TPSA) is 35.2 Å². The molecule has 0 radical (unpaired) electrons. The lowest BCUT2D eigenvalue weighted by Crippen LogP contribution is -2.30. The lowest BCUT2D eigenvalue weighted by molar-refractivity contribution is 0.0260. The van der Waals surface area contributed by atoms with Crippen LogP contribution < -0.4 is 5.73 Å². The van der Waals surface area contributed by atoms with Gasteiger partial charge in [0.05, 0.1) is 6.10 Å². The van der Waals surface area contributed by atoms with E-state index < -0.39 is 0 Å². The second kappa shape index (κ2) is 6.68. The normalized spacial score (nSPS) is 29.1. The van der Waals surface area contributed by atoms with E-state index in [1.807, 2.05) is 11.8 Å². The highest BCUT2D eigenvalue weighted by atomic mass is 32.2. The van der Waals surface area contributed by atoms with E-state index in [0.29, 0.717) is 12.1 Å². The average Bonchev–Trinajstić information content (AvgIpc) is 2.15.